The van der Waals surface area contributed by atoms with Crippen LogP contribution in [0.4, 0.5) is 0 Å². The Bertz CT molecular complexity index is 892. The Kier molecular flexibility index (Phi) is 4.59. The molecule has 2 aromatic rings. The highest BCUT2D eigenvalue weighted by molar-refractivity contribution is 6.37. The molecule has 3 amide bonds. The second-order valence-corrected chi connectivity index (χ2v) is 6.39. The predicted molar refractivity (Wildman–Crippen MR) is 95.1 cm³/mol. The summed E-state index contributed by atoms with van der Waals surface area (Å²) in [6.45, 7) is 4.19. The third-order valence-electron chi connectivity index (χ3n) is 4.34. The number of carbonyl (C=O) groups is 3. The van der Waals surface area contributed by atoms with Crippen molar-refractivity contribution in [2.75, 3.05) is 13.1 Å². The minimum atomic E-state index is -0.425. The lowest BCUT2D eigenvalue weighted by Gasteiger charge is -2.14. The van der Waals surface area contributed by atoms with E-state index in [1.54, 1.807) is 24.3 Å². The summed E-state index contributed by atoms with van der Waals surface area (Å²) in [7, 11) is 0. The average molecular weight is 357 g/mol. The van der Waals surface area contributed by atoms with E-state index < -0.39 is 5.91 Å². The number of benzene rings is 2. The van der Waals surface area contributed by atoms with Crippen LogP contribution in [-0.4, -0.2) is 35.7 Å². The fraction of sp³-hybridized carbons (Fsp3) is 0.211. The topological polar surface area (TPSA) is 66.5 Å². The molecule has 0 bridgehead atoms. The molecular weight excluding hydrogens is 340 g/mol. The van der Waals surface area contributed by atoms with Crippen molar-refractivity contribution in [1.82, 2.24) is 10.2 Å². The minimum absolute atomic E-state index is 0.0965. The quantitative estimate of drug-likeness (QED) is 0.856. The van der Waals surface area contributed by atoms with Gasteiger partial charge in [-0.1, -0.05) is 23.7 Å². The van der Waals surface area contributed by atoms with Gasteiger partial charge in [-0.3, -0.25) is 19.3 Å². The van der Waals surface area contributed by atoms with Gasteiger partial charge in [0.05, 0.1) is 16.1 Å². The first kappa shape index (κ1) is 17.2. The van der Waals surface area contributed by atoms with E-state index in [0.29, 0.717) is 11.1 Å². The van der Waals surface area contributed by atoms with Gasteiger partial charge in [0, 0.05) is 18.7 Å². The fourth-order valence-corrected chi connectivity index (χ4v) is 3.02. The van der Waals surface area contributed by atoms with Crippen LogP contribution in [0.3, 0.4) is 0 Å². The zero-order valence-electron chi connectivity index (χ0n) is 13.9. The molecule has 0 saturated carbocycles. The summed E-state index contributed by atoms with van der Waals surface area (Å²) in [4.78, 5) is 38.0. The monoisotopic (exact) mass is 356 g/mol. The highest BCUT2D eigenvalue weighted by Crippen LogP contribution is 2.28. The zero-order chi connectivity index (χ0) is 18.1. The molecule has 0 atom stereocenters. The number of nitrogens with zero attached hydrogens (tertiary/aromatic N) is 1. The van der Waals surface area contributed by atoms with E-state index in [1.807, 2.05) is 26.0 Å². The number of amides is 3. The molecule has 1 heterocycles. The summed E-state index contributed by atoms with van der Waals surface area (Å²) in [6.07, 6.45) is 0. The SMILES string of the molecule is Cc1ccc(C(=O)NCCN2C(=O)c3cccc(Cl)c3C2=O)cc1C. The molecule has 0 spiro atoms. The lowest BCUT2D eigenvalue weighted by atomic mass is 10.1. The van der Waals surface area contributed by atoms with Crippen molar-refractivity contribution >= 4 is 29.3 Å². The van der Waals surface area contributed by atoms with Crippen LogP contribution in [-0.2, 0) is 0 Å². The second kappa shape index (κ2) is 6.69. The second-order valence-electron chi connectivity index (χ2n) is 5.98. The Labute approximate surface area is 150 Å². The predicted octanol–water partition coefficient (Wildman–Crippen LogP) is 2.98. The van der Waals surface area contributed by atoms with E-state index in [2.05, 4.69) is 5.32 Å². The van der Waals surface area contributed by atoms with Crippen molar-refractivity contribution in [1.29, 1.82) is 0 Å². The maximum absolute atomic E-state index is 12.4. The molecule has 0 aliphatic carbocycles. The Morgan fingerprint density at radius 1 is 1.08 bits per heavy atom. The van der Waals surface area contributed by atoms with Crippen molar-refractivity contribution in [3.05, 3.63) is 69.2 Å². The molecule has 1 aliphatic heterocycles. The number of rotatable bonds is 4. The molecule has 25 heavy (non-hydrogen) atoms. The van der Waals surface area contributed by atoms with Gasteiger partial charge in [-0.2, -0.15) is 0 Å². The Balaban J connectivity index is 1.64. The van der Waals surface area contributed by atoms with E-state index >= 15 is 0 Å². The number of nitrogens with one attached hydrogen (secondary N) is 1. The first-order valence-corrected chi connectivity index (χ1v) is 8.28. The third kappa shape index (κ3) is 3.15. The van der Waals surface area contributed by atoms with Crippen molar-refractivity contribution in [2.24, 2.45) is 0 Å². The summed E-state index contributed by atoms with van der Waals surface area (Å²) in [5.41, 5.74) is 3.23. The summed E-state index contributed by atoms with van der Waals surface area (Å²) in [5.74, 6) is -1.05. The van der Waals surface area contributed by atoms with Crippen molar-refractivity contribution in [3.63, 3.8) is 0 Å². The van der Waals surface area contributed by atoms with Crippen molar-refractivity contribution < 1.29 is 14.4 Å². The van der Waals surface area contributed by atoms with Crippen molar-refractivity contribution in [2.45, 2.75) is 13.8 Å². The van der Waals surface area contributed by atoms with Crippen LogP contribution in [0, 0.1) is 13.8 Å². The number of aryl methyl sites for hydroxylation is 2. The molecule has 5 nitrogen and oxygen atoms in total. The van der Waals surface area contributed by atoms with Crippen LogP contribution in [0.25, 0.3) is 0 Å². The summed E-state index contributed by atoms with van der Waals surface area (Å²) in [5, 5.41) is 3.00. The molecule has 3 rings (SSSR count). The number of hydrogen-bond donors (Lipinski definition) is 1. The van der Waals surface area contributed by atoms with Gasteiger partial charge < -0.3 is 5.32 Å². The molecule has 0 fully saturated rings. The highest BCUT2D eigenvalue weighted by Gasteiger charge is 2.36. The molecule has 2 aromatic carbocycles. The third-order valence-corrected chi connectivity index (χ3v) is 4.65. The van der Waals surface area contributed by atoms with Crippen LogP contribution in [0.15, 0.2) is 36.4 Å². The molecule has 0 radical (unpaired) electrons. The number of carbonyl (C=O) groups excluding carboxylic acids is 3. The van der Waals surface area contributed by atoms with Gasteiger partial charge >= 0.3 is 0 Å². The normalized spacial score (nSPS) is 13.2. The van der Waals surface area contributed by atoms with Crippen LogP contribution < -0.4 is 5.32 Å². The molecule has 1 N–H and O–H groups in total. The first-order valence-electron chi connectivity index (χ1n) is 7.90. The van der Waals surface area contributed by atoms with Gasteiger partial charge in [-0.15, -0.1) is 0 Å². The minimum Gasteiger partial charge on any atom is -0.350 e. The zero-order valence-corrected chi connectivity index (χ0v) is 14.7. The molecule has 0 saturated heterocycles. The van der Waals surface area contributed by atoms with Gasteiger partial charge in [-0.25, -0.2) is 0 Å². The highest BCUT2D eigenvalue weighted by atomic mass is 35.5. The molecule has 0 aromatic heterocycles. The number of halogens is 1. The smallest absolute Gasteiger partial charge is 0.263 e. The van der Waals surface area contributed by atoms with Crippen LogP contribution >= 0.6 is 11.6 Å². The van der Waals surface area contributed by atoms with E-state index in [9.17, 15) is 14.4 Å². The number of fused-ring (bicyclic) bond motifs is 1. The maximum atomic E-state index is 12.4. The van der Waals surface area contributed by atoms with E-state index in [1.165, 1.54) is 0 Å². The maximum Gasteiger partial charge on any atom is 0.263 e. The molecule has 1 aliphatic rings. The van der Waals surface area contributed by atoms with Gasteiger partial charge in [0.2, 0.25) is 0 Å². The molecule has 0 unspecified atom stereocenters. The van der Waals surface area contributed by atoms with Gasteiger partial charge in [-0.05, 0) is 49.2 Å². The Morgan fingerprint density at radius 3 is 2.52 bits per heavy atom. The van der Waals surface area contributed by atoms with E-state index in [0.717, 1.165) is 16.0 Å². The molecule has 6 heteroatoms. The Morgan fingerprint density at radius 2 is 1.84 bits per heavy atom. The summed E-state index contributed by atoms with van der Waals surface area (Å²) >= 11 is 6.02. The lowest BCUT2D eigenvalue weighted by Crippen LogP contribution is -2.38. The van der Waals surface area contributed by atoms with Crippen LogP contribution in [0.1, 0.15) is 42.2 Å². The fourth-order valence-electron chi connectivity index (χ4n) is 2.76. The standard InChI is InChI=1S/C19H17ClN2O3/c1-11-6-7-13(10-12(11)2)17(23)21-8-9-22-18(24)14-4-3-5-15(20)16(14)19(22)25/h3-7,10H,8-9H2,1-2H3,(H,21,23). The summed E-state index contributed by atoms with van der Waals surface area (Å²) in [6, 6.07) is 10.2. The van der Waals surface area contributed by atoms with E-state index in [4.69, 9.17) is 11.6 Å². The lowest BCUT2D eigenvalue weighted by molar-refractivity contribution is 0.0650. The Hall–Kier alpha value is -2.66. The van der Waals surface area contributed by atoms with E-state index in [-0.39, 0.29) is 35.5 Å². The van der Waals surface area contributed by atoms with Gasteiger partial charge in [0.1, 0.15) is 0 Å². The van der Waals surface area contributed by atoms with Crippen LogP contribution in [0.2, 0.25) is 5.02 Å². The number of hydrogen-bond acceptors (Lipinski definition) is 3. The largest absolute Gasteiger partial charge is 0.350 e. The number of imide groups is 1. The summed E-state index contributed by atoms with van der Waals surface area (Å²) < 4.78 is 0. The van der Waals surface area contributed by atoms with Crippen LogP contribution in [0.5, 0.6) is 0 Å². The average Bonchev–Trinajstić information content (AvgIpc) is 2.83. The van der Waals surface area contributed by atoms with Gasteiger partial charge in [0.25, 0.3) is 17.7 Å². The molecular formula is C19H17ClN2O3. The molecule has 128 valence electrons. The first-order chi connectivity index (χ1) is 11.9. The van der Waals surface area contributed by atoms with Crippen molar-refractivity contribution in [3.8, 4) is 0 Å². The van der Waals surface area contributed by atoms with Gasteiger partial charge in [0.15, 0.2) is 0 Å².